The van der Waals surface area contributed by atoms with Crippen molar-refractivity contribution in [1.29, 1.82) is 0 Å². The number of nitrogens with two attached hydrogens (primary N) is 2. The molecule has 78 valence electrons. The van der Waals surface area contributed by atoms with Crippen LogP contribution in [0, 0.1) is 6.92 Å². The van der Waals surface area contributed by atoms with E-state index in [1.807, 2.05) is 6.07 Å². The average Bonchev–Trinajstić information content (AvgIpc) is 2.50. The Labute approximate surface area is 91.9 Å². The molecule has 2 rings (SSSR count). The summed E-state index contributed by atoms with van der Waals surface area (Å²) in [4.78, 5) is 4.06. The first-order valence-electron chi connectivity index (χ1n) is 4.36. The van der Waals surface area contributed by atoms with Gasteiger partial charge in [0.25, 0.3) is 6.01 Å². The molecule has 5 heteroatoms. The number of hydrogen-bond donors (Lipinski definition) is 2. The van der Waals surface area contributed by atoms with Crippen LogP contribution < -0.4 is 11.5 Å². The molecular formula is C10H10ClN3O. The first kappa shape index (κ1) is 9.86. The van der Waals surface area contributed by atoms with Crippen LogP contribution in [0.4, 0.5) is 11.7 Å². The van der Waals surface area contributed by atoms with E-state index < -0.39 is 0 Å². The Balaban J connectivity index is 2.54. The molecule has 0 fully saturated rings. The van der Waals surface area contributed by atoms with Gasteiger partial charge in [0.1, 0.15) is 11.5 Å². The summed E-state index contributed by atoms with van der Waals surface area (Å²) in [5.41, 5.74) is 13.2. The van der Waals surface area contributed by atoms with Crippen LogP contribution in [-0.2, 0) is 0 Å². The van der Waals surface area contributed by atoms with Crippen LogP contribution in [0.5, 0.6) is 0 Å². The third-order valence-corrected chi connectivity index (χ3v) is 2.43. The fourth-order valence-corrected chi connectivity index (χ4v) is 1.49. The van der Waals surface area contributed by atoms with Crippen LogP contribution in [0.15, 0.2) is 22.6 Å². The van der Waals surface area contributed by atoms with Gasteiger partial charge in [-0.15, -0.1) is 0 Å². The second-order valence-corrected chi connectivity index (χ2v) is 3.60. The van der Waals surface area contributed by atoms with Crippen LogP contribution >= 0.6 is 11.6 Å². The van der Waals surface area contributed by atoms with Gasteiger partial charge in [-0.05, 0) is 19.1 Å². The van der Waals surface area contributed by atoms with Gasteiger partial charge in [-0.1, -0.05) is 17.7 Å². The molecule has 0 bridgehead atoms. The van der Waals surface area contributed by atoms with Crippen LogP contribution in [0.2, 0.25) is 5.02 Å². The molecule has 15 heavy (non-hydrogen) atoms. The third-order valence-electron chi connectivity index (χ3n) is 2.08. The summed E-state index contributed by atoms with van der Waals surface area (Å²) in [6.45, 7) is 1.80. The quantitative estimate of drug-likeness (QED) is 0.728. The molecule has 0 amide bonds. The molecule has 4 nitrogen and oxygen atoms in total. The van der Waals surface area contributed by atoms with Crippen molar-refractivity contribution < 1.29 is 4.42 Å². The summed E-state index contributed by atoms with van der Waals surface area (Å²) < 4.78 is 5.13. The summed E-state index contributed by atoms with van der Waals surface area (Å²) in [6, 6.07) is 5.43. The molecule has 0 aliphatic heterocycles. The second-order valence-electron chi connectivity index (χ2n) is 3.19. The van der Waals surface area contributed by atoms with Crippen molar-refractivity contribution >= 4 is 23.3 Å². The highest BCUT2D eigenvalue weighted by Crippen LogP contribution is 2.29. The molecule has 0 aliphatic carbocycles. The molecule has 1 aromatic carbocycles. The van der Waals surface area contributed by atoms with Crippen molar-refractivity contribution in [2.75, 3.05) is 11.5 Å². The highest BCUT2D eigenvalue weighted by atomic mass is 35.5. The van der Waals surface area contributed by atoms with Crippen LogP contribution in [-0.4, -0.2) is 4.98 Å². The highest BCUT2D eigenvalue weighted by Gasteiger charge is 2.10. The number of oxazole rings is 1. The molecule has 1 heterocycles. The molecule has 2 aromatic rings. The molecule has 1 aromatic heterocycles. The van der Waals surface area contributed by atoms with Crippen molar-refractivity contribution in [2.24, 2.45) is 0 Å². The Hall–Kier alpha value is -1.68. The number of hydrogen-bond acceptors (Lipinski definition) is 4. The number of benzene rings is 1. The number of rotatable bonds is 1. The van der Waals surface area contributed by atoms with E-state index in [4.69, 9.17) is 27.5 Å². The van der Waals surface area contributed by atoms with E-state index in [2.05, 4.69) is 4.98 Å². The molecule has 0 radical (unpaired) electrons. The van der Waals surface area contributed by atoms with Crippen molar-refractivity contribution in [3.63, 3.8) is 0 Å². The molecule has 0 aliphatic rings. The Kier molecular flexibility index (Phi) is 2.28. The first-order chi connectivity index (χ1) is 7.08. The fraction of sp³-hybridized carbons (Fsp3) is 0.100. The number of anilines is 2. The molecular weight excluding hydrogens is 214 g/mol. The highest BCUT2D eigenvalue weighted by molar-refractivity contribution is 6.33. The van der Waals surface area contributed by atoms with E-state index in [9.17, 15) is 0 Å². The maximum Gasteiger partial charge on any atom is 0.292 e. The van der Waals surface area contributed by atoms with E-state index in [0.717, 1.165) is 5.56 Å². The van der Waals surface area contributed by atoms with Crippen LogP contribution in [0.3, 0.4) is 0 Å². The summed E-state index contributed by atoms with van der Waals surface area (Å²) in [5.74, 6) is 0.661. The number of nitrogen functional groups attached to an aromatic ring is 2. The Morgan fingerprint density at radius 2 is 2.07 bits per heavy atom. The molecule has 0 saturated carbocycles. The van der Waals surface area contributed by atoms with Gasteiger partial charge in [0, 0.05) is 5.56 Å². The molecule has 0 atom stereocenters. The smallest absolute Gasteiger partial charge is 0.292 e. The van der Waals surface area contributed by atoms with Gasteiger partial charge in [-0.3, -0.25) is 0 Å². The number of aryl methyl sites for hydroxylation is 1. The molecule has 0 spiro atoms. The lowest BCUT2D eigenvalue weighted by Crippen LogP contribution is -1.89. The van der Waals surface area contributed by atoms with Crippen LogP contribution in [0.1, 0.15) is 5.76 Å². The lowest BCUT2D eigenvalue weighted by molar-refractivity contribution is 0.549. The van der Waals surface area contributed by atoms with Gasteiger partial charge in [0.05, 0.1) is 10.7 Å². The second kappa shape index (κ2) is 3.47. The van der Waals surface area contributed by atoms with Crippen molar-refractivity contribution in [1.82, 2.24) is 4.98 Å². The standard InChI is InChI=1S/C10H10ClN3O/c1-5-9(14-10(13)15-5)6-2-3-7(11)8(12)4-6/h2-4H,12H2,1H3,(H2,13,14). The summed E-state index contributed by atoms with van der Waals surface area (Å²) in [5, 5.41) is 0.521. The predicted octanol–water partition coefficient (Wildman–Crippen LogP) is 2.47. The molecule has 0 unspecified atom stereocenters. The largest absolute Gasteiger partial charge is 0.429 e. The van der Waals surface area contributed by atoms with E-state index in [-0.39, 0.29) is 6.01 Å². The van der Waals surface area contributed by atoms with Gasteiger partial charge in [-0.25, -0.2) is 0 Å². The fourth-order valence-electron chi connectivity index (χ4n) is 1.38. The number of aromatic nitrogens is 1. The average molecular weight is 224 g/mol. The zero-order valence-electron chi connectivity index (χ0n) is 8.12. The Morgan fingerprint density at radius 1 is 1.33 bits per heavy atom. The predicted molar refractivity (Wildman–Crippen MR) is 60.5 cm³/mol. The zero-order valence-corrected chi connectivity index (χ0v) is 8.88. The van der Waals surface area contributed by atoms with E-state index in [1.54, 1.807) is 19.1 Å². The normalized spacial score (nSPS) is 10.5. The number of nitrogens with zero attached hydrogens (tertiary/aromatic N) is 1. The van der Waals surface area contributed by atoms with Crippen LogP contribution in [0.25, 0.3) is 11.3 Å². The molecule has 4 N–H and O–H groups in total. The van der Waals surface area contributed by atoms with Crippen molar-refractivity contribution in [2.45, 2.75) is 6.92 Å². The Morgan fingerprint density at radius 3 is 2.60 bits per heavy atom. The van der Waals surface area contributed by atoms with E-state index in [1.165, 1.54) is 0 Å². The first-order valence-corrected chi connectivity index (χ1v) is 4.74. The Bertz CT molecular complexity index is 507. The van der Waals surface area contributed by atoms with Gasteiger partial charge in [0.15, 0.2) is 0 Å². The van der Waals surface area contributed by atoms with Gasteiger partial charge in [-0.2, -0.15) is 4.98 Å². The lowest BCUT2D eigenvalue weighted by atomic mass is 10.1. The SMILES string of the molecule is Cc1oc(N)nc1-c1ccc(Cl)c(N)c1. The summed E-state index contributed by atoms with van der Waals surface area (Å²) in [7, 11) is 0. The lowest BCUT2D eigenvalue weighted by Gasteiger charge is -2.01. The summed E-state index contributed by atoms with van der Waals surface area (Å²) in [6.07, 6.45) is 0. The van der Waals surface area contributed by atoms with Gasteiger partial charge in [0.2, 0.25) is 0 Å². The van der Waals surface area contributed by atoms with Gasteiger partial charge < -0.3 is 15.9 Å². The zero-order chi connectivity index (χ0) is 11.0. The topological polar surface area (TPSA) is 78.1 Å². The van der Waals surface area contributed by atoms with Crippen molar-refractivity contribution in [3.05, 3.63) is 29.0 Å². The number of halogens is 1. The molecule has 0 saturated heterocycles. The van der Waals surface area contributed by atoms with E-state index >= 15 is 0 Å². The van der Waals surface area contributed by atoms with Crippen molar-refractivity contribution in [3.8, 4) is 11.3 Å². The van der Waals surface area contributed by atoms with E-state index in [0.29, 0.717) is 22.2 Å². The third kappa shape index (κ3) is 1.76. The van der Waals surface area contributed by atoms with Gasteiger partial charge >= 0.3 is 0 Å². The minimum atomic E-state index is 0.149. The maximum absolute atomic E-state index is 5.82. The summed E-state index contributed by atoms with van der Waals surface area (Å²) >= 11 is 5.82. The minimum Gasteiger partial charge on any atom is -0.429 e. The minimum absolute atomic E-state index is 0.149. The maximum atomic E-state index is 5.82. The monoisotopic (exact) mass is 223 g/mol.